The first-order chi connectivity index (χ1) is 13.3. The molecule has 28 heavy (non-hydrogen) atoms. The number of hydrogen-bond donors (Lipinski definition) is 2. The Morgan fingerprint density at radius 3 is 2.43 bits per heavy atom. The Labute approximate surface area is 167 Å². The summed E-state index contributed by atoms with van der Waals surface area (Å²) in [6, 6.07) is 7.68. The number of carbonyl (C=O) groups excluding carboxylic acids is 2. The standard InChI is InChI=1S/C22H33N3O3/c1-4-28-18-15-22(23,21(18,2)3)20(27)24-17-10-7-16(8-11-17)9-12-19(26)25-13-5-6-14-25/h7-8,10-11,18H,4-6,9,12-15,23H2,1-3H3,(H,24,27). The molecule has 2 fully saturated rings. The van der Waals surface area contributed by atoms with E-state index in [1.165, 1.54) is 0 Å². The highest BCUT2D eigenvalue weighted by Gasteiger charge is 2.62. The molecule has 6 heteroatoms. The molecule has 1 aromatic carbocycles. The number of likely N-dealkylation sites (tertiary alicyclic amines) is 1. The van der Waals surface area contributed by atoms with Crippen molar-refractivity contribution in [2.45, 2.75) is 64.5 Å². The molecule has 1 aromatic rings. The maximum absolute atomic E-state index is 12.8. The van der Waals surface area contributed by atoms with Crippen LogP contribution in [0.2, 0.25) is 0 Å². The molecule has 1 saturated heterocycles. The summed E-state index contributed by atoms with van der Waals surface area (Å²) < 4.78 is 5.70. The lowest BCUT2D eigenvalue weighted by Crippen LogP contribution is -2.74. The van der Waals surface area contributed by atoms with Crippen molar-refractivity contribution in [3.8, 4) is 0 Å². The summed E-state index contributed by atoms with van der Waals surface area (Å²) in [5.74, 6) is 0.0569. The Morgan fingerprint density at radius 1 is 1.21 bits per heavy atom. The van der Waals surface area contributed by atoms with Crippen molar-refractivity contribution in [2.24, 2.45) is 11.1 Å². The van der Waals surface area contributed by atoms with E-state index in [1.807, 2.05) is 49.9 Å². The largest absolute Gasteiger partial charge is 0.378 e. The fourth-order valence-electron chi connectivity index (χ4n) is 4.19. The van der Waals surface area contributed by atoms with E-state index in [9.17, 15) is 9.59 Å². The normalized spacial score (nSPS) is 26.0. The molecule has 3 N–H and O–H groups in total. The smallest absolute Gasteiger partial charge is 0.245 e. The van der Waals surface area contributed by atoms with Crippen LogP contribution in [0.15, 0.2) is 24.3 Å². The van der Waals surface area contributed by atoms with Gasteiger partial charge >= 0.3 is 0 Å². The van der Waals surface area contributed by atoms with Crippen LogP contribution in [0.3, 0.4) is 0 Å². The number of nitrogens with two attached hydrogens (primary N) is 1. The molecule has 2 unspecified atom stereocenters. The molecule has 3 rings (SSSR count). The van der Waals surface area contributed by atoms with Gasteiger partial charge in [-0.1, -0.05) is 26.0 Å². The zero-order valence-electron chi connectivity index (χ0n) is 17.3. The van der Waals surface area contributed by atoms with E-state index < -0.39 is 11.0 Å². The predicted molar refractivity (Wildman–Crippen MR) is 110 cm³/mol. The zero-order chi connectivity index (χ0) is 20.4. The zero-order valence-corrected chi connectivity index (χ0v) is 17.3. The Kier molecular flexibility index (Phi) is 6.10. The Morgan fingerprint density at radius 2 is 1.86 bits per heavy atom. The van der Waals surface area contributed by atoms with E-state index in [4.69, 9.17) is 10.5 Å². The SMILES string of the molecule is CCOC1CC(N)(C(=O)Nc2ccc(CCC(=O)N3CCCC3)cc2)C1(C)C. The first-order valence-electron chi connectivity index (χ1n) is 10.4. The van der Waals surface area contributed by atoms with Gasteiger partial charge in [0.25, 0.3) is 0 Å². The molecule has 1 saturated carbocycles. The van der Waals surface area contributed by atoms with Crippen LogP contribution in [-0.2, 0) is 20.7 Å². The average Bonchev–Trinajstić information content (AvgIpc) is 3.21. The van der Waals surface area contributed by atoms with Crippen molar-refractivity contribution in [3.63, 3.8) is 0 Å². The molecule has 6 nitrogen and oxygen atoms in total. The van der Waals surface area contributed by atoms with Crippen molar-refractivity contribution < 1.29 is 14.3 Å². The number of carbonyl (C=O) groups is 2. The Hall–Kier alpha value is -1.92. The van der Waals surface area contributed by atoms with E-state index >= 15 is 0 Å². The summed E-state index contributed by atoms with van der Waals surface area (Å²) in [5, 5.41) is 2.94. The van der Waals surface area contributed by atoms with Gasteiger partial charge in [-0.2, -0.15) is 0 Å². The fraction of sp³-hybridized carbons (Fsp3) is 0.636. The highest BCUT2D eigenvalue weighted by atomic mass is 16.5. The van der Waals surface area contributed by atoms with Crippen molar-refractivity contribution in [2.75, 3.05) is 25.0 Å². The summed E-state index contributed by atoms with van der Waals surface area (Å²) in [6.07, 6.45) is 4.01. The maximum Gasteiger partial charge on any atom is 0.245 e. The molecule has 2 atom stereocenters. The number of ether oxygens (including phenoxy) is 1. The highest BCUT2D eigenvalue weighted by molar-refractivity contribution is 5.99. The second kappa shape index (κ2) is 8.21. The minimum absolute atomic E-state index is 0.00349. The number of rotatable bonds is 7. The summed E-state index contributed by atoms with van der Waals surface area (Å²) in [5.41, 5.74) is 6.89. The molecule has 1 heterocycles. The van der Waals surface area contributed by atoms with Crippen LogP contribution in [0.4, 0.5) is 5.69 Å². The van der Waals surface area contributed by atoms with Crippen molar-refractivity contribution in [1.82, 2.24) is 4.90 Å². The second-order valence-electron chi connectivity index (χ2n) is 8.58. The molecule has 1 aliphatic heterocycles. The Balaban J connectivity index is 1.52. The first kappa shape index (κ1) is 20.8. The minimum Gasteiger partial charge on any atom is -0.378 e. The van der Waals surface area contributed by atoms with Gasteiger partial charge in [-0.05, 0) is 43.9 Å². The van der Waals surface area contributed by atoms with Gasteiger partial charge in [0.15, 0.2) is 0 Å². The van der Waals surface area contributed by atoms with Gasteiger partial charge in [-0.25, -0.2) is 0 Å². The number of nitrogens with zero attached hydrogens (tertiary/aromatic N) is 1. The molecule has 0 radical (unpaired) electrons. The minimum atomic E-state index is -0.937. The molecule has 2 aliphatic rings. The van der Waals surface area contributed by atoms with Crippen LogP contribution in [0.1, 0.15) is 52.0 Å². The lowest BCUT2D eigenvalue weighted by atomic mass is 9.54. The third-order valence-electron chi connectivity index (χ3n) is 6.53. The van der Waals surface area contributed by atoms with Gasteiger partial charge in [0, 0.05) is 43.6 Å². The summed E-state index contributed by atoms with van der Waals surface area (Å²) >= 11 is 0. The highest BCUT2D eigenvalue weighted by Crippen LogP contribution is 2.50. The first-order valence-corrected chi connectivity index (χ1v) is 10.4. The average molecular weight is 388 g/mol. The van der Waals surface area contributed by atoms with E-state index in [1.54, 1.807) is 0 Å². The maximum atomic E-state index is 12.8. The van der Waals surface area contributed by atoms with Crippen molar-refractivity contribution >= 4 is 17.5 Å². The lowest BCUT2D eigenvalue weighted by Gasteiger charge is -2.57. The van der Waals surface area contributed by atoms with E-state index in [0.29, 0.717) is 25.9 Å². The summed E-state index contributed by atoms with van der Waals surface area (Å²) in [4.78, 5) is 26.9. The summed E-state index contributed by atoms with van der Waals surface area (Å²) in [7, 11) is 0. The quantitative estimate of drug-likeness (QED) is 0.753. The van der Waals surface area contributed by atoms with Crippen LogP contribution in [-0.4, -0.2) is 48.1 Å². The number of hydrogen-bond acceptors (Lipinski definition) is 4. The second-order valence-corrected chi connectivity index (χ2v) is 8.58. The molecule has 0 spiro atoms. The van der Waals surface area contributed by atoms with Gasteiger partial charge < -0.3 is 20.7 Å². The van der Waals surface area contributed by atoms with E-state index in [2.05, 4.69) is 5.32 Å². The topological polar surface area (TPSA) is 84.7 Å². The van der Waals surface area contributed by atoms with Crippen molar-refractivity contribution in [3.05, 3.63) is 29.8 Å². The number of amides is 2. The molecule has 1 aliphatic carbocycles. The van der Waals surface area contributed by atoms with Crippen LogP contribution in [0.5, 0.6) is 0 Å². The number of anilines is 1. The molecule has 154 valence electrons. The lowest BCUT2D eigenvalue weighted by molar-refractivity contribution is -0.166. The number of aryl methyl sites for hydroxylation is 1. The van der Waals surface area contributed by atoms with Crippen LogP contribution >= 0.6 is 0 Å². The predicted octanol–water partition coefficient (Wildman–Crippen LogP) is 2.71. The molecule has 0 bridgehead atoms. The van der Waals surface area contributed by atoms with Gasteiger partial charge in [0.2, 0.25) is 11.8 Å². The molecular weight excluding hydrogens is 354 g/mol. The van der Waals surface area contributed by atoms with E-state index in [-0.39, 0.29) is 17.9 Å². The van der Waals surface area contributed by atoms with E-state index in [0.717, 1.165) is 37.2 Å². The number of nitrogens with one attached hydrogen (secondary N) is 1. The molecule has 0 aromatic heterocycles. The van der Waals surface area contributed by atoms with Gasteiger partial charge in [0.1, 0.15) is 5.54 Å². The van der Waals surface area contributed by atoms with Gasteiger partial charge in [-0.15, -0.1) is 0 Å². The molecule has 2 amide bonds. The molecular formula is C22H33N3O3. The Bertz CT molecular complexity index is 710. The fourth-order valence-corrected chi connectivity index (χ4v) is 4.19. The van der Waals surface area contributed by atoms with Gasteiger partial charge in [-0.3, -0.25) is 9.59 Å². The van der Waals surface area contributed by atoms with Crippen LogP contribution < -0.4 is 11.1 Å². The third kappa shape index (κ3) is 3.94. The van der Waals surface area contributed by atoms with Crippen LogP contribution in [0, 0.1) is 5.41 Å². The number of benzene rings is 1. The third-order valence-corrected chi connectivity index (χ3v) is 6.53. The summed E-state index contributed by atoms with van der Waals surface area (Å²) in [6.45, 7) is 8.32. The van der Waals surface area contributed by atoms with Crippen LogP contribution in [0.25, 0.3) is 0 Å². The monoisotopic (exact) mass is 387 g/mol. The van der Waals surface area contributed by atoms with Gasteiger partial charge in [0.05, 0.1) is 6.10 Å². The van der Waals surface area contributed by atoms with Crippen molar-refractivity contribution in [1.29, 1.82) is 0 Å².